The second-order valence-electron chi connectivity index (χ2n) is 10.7. The number of piperidine rings is 1. The Hall–Kier alpha value is -3.37. The molecule has 0 N–H and O–H groups in total. The topological polar surface area (TPSA) is 34.5 Å². The van der Waals surface area contributed by atoms with E-state index in [0.717, 1.165) is 53.2 Å². The molecule has 0 saturated carbocycles. The Morgan fingerprint density at radius 1 is 0.947 bits per heavy atom. The van der Waals surface area contributed by atoms with Gasteiger partial charge in [-0.15, -0.1) is 0 Å². The van der Waals surface area contributed by atoms with Crippen LogP contribution in [0.25, 0.3) is 10.9 Å². The van der Waals surface area contributed by atoms with Crippen LogP contribution in [-0.2, 0) is 13.0 Å². The van der Waals surface area contributed by atoms with E-state index < -0.39 is 0 Å². The minimum atomic E-state index is 0.0613. The number of hydrogen-bond acceptors (Lipinski definition) is 3. The quantitative estimate of drug-likeness (QED) is 0.198. The van der Waals surface area contributed by atoms with Crippen molar-refractivity contribution in [2.24, 2.45) is 5.92 Å². The van der Waals surface area contributed by atoms with Gasteiger partial charge in [-0.2, -0.15) is 0 Å². The van der Waals surface area contributed by atoms with Crippen LogP contribution in [0.2, 0.25) is 0 Å². The van der Waals surface area contributed by atoms with Gasteiger partial charge < -0.3 is 14.2 Å². The van der Waals surface area contributed by atoms with Gasteiger partial charge in [-0.05, 0) is 62.6 Å². The Kier molecular flexibility index (Phi) is 8.60. The highest BCUT2D eigenvalue weighted by molar-refractivity contribution is 6.17. The predicted molar refractivity (Wildman–Crippen MR) is 156 cm³/mol. The maximum Gasteiger partial charge on any atom is 0.195 e. The Bertz CT molecular complexity index is 1330. The molecule has 4 aromatic rings. The molecule has 1 fully saturated rings. The molecule has 0 spiro atoms. The van der Waals surface area contributed by atoms with Gasteiger partial charge in [0.25, 0.3) is 0 Å². The van der Waals surface area contributed by atoms with Crippen LogP contribution in [0.1, 0.15) is 60.5 Å². The van der Waals surface area contributed by atoms with Gasteiger partial charge in [-0.1, -0.05) is 79.7 Å². The number of aromatic nitrogens is 1. The smallest absolute Gasteiger partial charge is 0.195 e. The van der Waals surface area contributed by atoms with Crippen molar-refractivity contribution in [3.05, 3.63) is 102 Å². The van der Waals surface area contributed by atoms with Gasteiger partial charge in [0, 0.05) is 41.8 Å². The van der Waals surface area contributed by atoms with Gasteiger partial charge >= 0.3 is 0 Å². The maximum atomic E-state index is 13.4. The van der Waals surface area contributed by atoms with Crippen molar-refractivity contribution in [3.8, 4) is 5.75 Å². The van der Waals surface area contributed by atoms with E-state index in [0.29, 0.717) is 6.04 Å². The first kappa shape index (κ1) is 26.2. The molecule has 2 unspecified atom stereocenters. The number of rotatable bonds is 11. The molecular formula is C34H40N2O2. The fourth-order valence-corrected chi connectivity index (χ4v) is 6.22. The van der Waals surface area contributed by atoms with Crippen molar-refractivity contribution in [1.82, 2.24) is 9.47 Å². The zero-order valence-corrected chi connectivity index (χ0v) is 22.8. The van der Waals surface area contributed by atoms with Crippen LogP contribution in [0, 0.1) is 5.92 Å². The lowest BCUT2D eigenvalue weighted by Crippen LogP contribution is -2.43. The third-order valence-corrected chi connectivity index (χ3v) is 8.31. The zero-order chi connectivity index (χ0) is 26.3. The van der Waals surface area contributed by atoms with E-state index in [1.807, 2.05) is 54.7 Å². The molecule has 5 rings (SSSR count). The van der Waals surface area contributed by atoms with Gasteiger partial charge in [-0.25, -0.2) is 0 Å². The predicted octanol–water partition coefficient (Wildman–Crippen LogP) is 7.39. The minimum absolute atomic E-state index is 0.0613. The van der Waals surface area contributed by atoms with E-state index in [-0.39, 0.29) is 5.78 Å². The number of nitrogens with zero attached hydrogens (tertiary/aromatic N) is 2. The molecule has 0 radical (unpaired) electrons. The van der Waals surface area contributed by atoms with E-state index in [4.69, 9.17) is 4.74 Å². The average Bonchev–Trinajstić information content (AvgIpc) is 3.35. The second-order valence-corrected chi connectivity index (χ2v) is 10.7. The van der Waals surface area contributed by atoms with Crippen LogP contribution in [0.4, 0.5) is 0 Å². The molecule has 1 aromatic heterocycles. The standard InChI is InChI=1S/C34H40N2O2/c1-3-29-24-27(19-18-26-12-6-4-7-13-26)20-23-35(29)21-11-22-36-25-31(34(37)28-14-8-5-9-15-28)30-16-10-17-32(38-2)33(30)36/h4-10,12-17,25,27,29H,3,11,18-24H2,1-2H3. The van der Waals surface area contributed by atoms with Crippen LogP contribution < -0.4 is 4.74 Å². The number of para-hydroxylation sites is 1. The summed E-state index contributed by atoms with van der Waals surface area (Å²) in [7, 11) is 1.71. The largest absolute Gasteiger partial charge is 0.495 e. The average molecular weight is 509 g/mol. The molecule has 198 valence electrons. The van der Waals surface area contributed by atoms with Crippen LogP contribution >= 0.6 is 0 Å². The molecule has 2 heterocycles. The Labute approximate surface area is 227 Å². The van der Waals surface area contributed by atoms with Crippen molar-refractivity contribution >= 4 is 16.7 Å². The lowest BCUT2D eigenvalue weighted by molar-refractivity contribution is 0.102. The van der Waals surface area contributed by atoms with E-state index in [1.54, 1.807) is 7.11 Å². The number of carbonyl (C=O) groups is 1. The number of carbonyl (C=O) groups excluding carboxylic acids is 1. The van der Waals surface area contributed by atoms with Crippen LogP contribution in [0.5, 0.6) is 5.75 Å². The first-order valence-corrected chi connectivity index (χ1v) is 14.2. The highest BCUT2D eigenvalue weighted by atomic mass is 16.5. The molecule has 2 atom stereocenters. The van der Waals surface area contributed by atoms with Gasteiger partial charge in [0.1, 0.15) is 5.75 Å². The maximum absolute atomic E-state index is 13.4. The first-order chi connectivity index (χ1) is 18.7. The monoisotopic (exact) mass is 508 g/mol. The van der Waals surface area contributed by atoms with E-state index in [1.165, 1.54) is 44.2 Å². The summed E-state index contributed by atoms with van der Waals surface area (Å²) >= 11 is 0. The van der Waals surface area contributed by atoms with Gasteiger partial charge in [0.2, 0.25) is 0 Å². The van der Waals surface area contributed by atoms with Crippen LogP contribution in [0.15, 0.2) is 85.1 Å². The molecule has 1 aliphatic rings. The summed E-state index contributed by atoms with van der Waals surface area (Å²) in [6.45, 7) is 5.47. The zero-order valence-electron chi connectivity index (χ0n) is 22.8. The molecule has 0 amide bonds. The van der Waals surface area contributed by atoms with Crippen molar-refractivity contribution in [2.75, 3.05) is 20.2 Å². The van der Waals surface area contributed by atoms with Crippen LogP contribution in [-0.4, -0.2) is 41.5 Å². The molecule has 0 bridgehead atoms. The molecule has 1 aliphatic heterocycles. The normalized spacial score (nSPS) is 18.1. The summed E-state index contributed by atoms with van der Waals surface area (Å²) in [5, 5.41) is 0.962. The number of ether oxygens (including phenoxy) is 1. The van der Waals surface area contributed by atoms with E-state index >= 15 is 0 Å². The number of methoxy groups -OCH3 is 1. The van der Waals surface area contributed by atoms with Crippen molar-refractivity contribution in [1.29, 1.82) is 0 Å². The van der Waals surface area contributed by atoms with Crippen molar-refractivity contribution < 1.29 is 9.53 Å². The van der Waals surface area contributed by atoms with E-state index in [9.17, 15) is 4.79 Å². The minimum Gasteiger partial charge on any atom is -0.495 e. The SMILES string of the molecule is CCC1CC(CCc2ccccc2)CCN1CCCn1cc(C(=O)c2ccccc2)c2cccc(OC)c21. The molecule has 1 saturated heterocycles. The lowest BCUT2D eigenvalue weighted by Gasteiger charge is -2.39. The van der Waals surface area contributed by atoms with Crippen molar-refractivity contribution in [2.45, 2.75) is 58.0 Å². The summed E-state index contributed by atoms with van der Waals surface area (Å²) in [4.78, 5) is 16.1. The number of benzene rings is 3. The number of aryl methyl sites for hydroxylation is 2. The van der Waals surface area contributed by atoms with Crippen LogP contribution in [0.3, 0.4) is 0 Å². The summed E-state index contributed by atoms with van der Waals surface area (Å²) in [5.41, 5.74) is 3.94. The Morgan fingerprint density at radius 3 is 2.45 bits per heavy atom. The summed E-state index contributed by atoms with van der Waals surface area (Å²) in [6.07, 6.45) is 9.37. The number of ketones is 1. The third-order valence-electron chi connectivity index (χ3n) is 8.31. The third kappa shape index (κ3) is 5.86. The molecule has 4 nitrogen and oxygen atoms in total. The van der Waals surface area contributed by atoms with Crippen molar-refractivity contribution in [3.63, 3.8) is 0 Å². The fourth-order valence-electron chi connectivity index (χ4n) is 6.22. The molecule has 38 heavy (non-hydrogen) atoms. The van der Waals surface area contributed by atoms with E-state index in [2.05, 4.69) is 46.7 Å². The number of likely N-dealkylation sites (tertiary alicyclic amines) is 1. The number of fused-ring (bicyclic) bond motifs is 1. The summed E-state index contributed by atoms with van der Waals surface area (Å²) < 4.78 is 7.96. The van der Waals surface area contributed by atoms with Gasteiger partial charge in [0.15, 0.2) is 5.78 Å². The Morgan fingerprint density at radius 2 is 1.71 bits per heavy atom. The first-order valence-electron chi connectivity index (χ1n) is 14.2. The molecular weight excluding hydrogens is 468 g/mol. The highest BCUT2D eigenvalue weighted by Gasteiger charge is 2.27. The second kappa shape index (κ2) is 12.4. The molecule has 0 aliphatic carbocycles. The highest BCUT2D eigenvalue weighted by Crippen LogP contribution is 2.32. The number of hydrogen-bond donors (Lipinski definition) is 0. The summed E-state index contributed by atoms with van der Waals surface area (Å²) in [5.74, 6) is 1.70. The summed E-state index contributed by atoms with van der Waals surface area (Å²) in [6, 6.07) is 27.1. The fraction of sp³-hybridized carbons (Fsp3) is 0.382. The Balaban J connectivity index is 1.24. The van der Waals surface area contributed by atoms with Gasteiger partial charge in [0.05, 0.1) is 12.6 Å². The molecule has 3 aromatic carbocycles. The lowest BCUT2D eigenvalue weighted by atomic mass is 9.85. The molecule has 4 heteroatoms. The van der Waals surface area contributed by atoms with Gasteiger partial charge in [-0.3, -0.25) is 4.79 Å².